The van der Waals surface area contributed by atoms with Crippen LogP contribution in [0.4, 0.5) is 0 Å². The van der Waals surface area contributed by atoms with E-state index in [1.807, 2.05) is 4.90 Å². The number of hydrogen-bond donors (Lipinski definition) is 0. The van der Waals surface area contributed by atoms with Gasteiger partial charge in [0.15, 0.2) is 11.3 Å². The van der Waals surface area contributed by atoms with Gasteiger partial charge in [0, 0.05) is 31.5 Å². The van der Waals surface area contributed by atoms with E-state index in [1.54, 1.807) is 29.0 Å². The highest BCUT2D eigenvalue weighted by atomic mass is 16.2. The van der Waals surface area contributed by atoms with Crippen LogP contribution in [-0.2, 0) is 0 Å². The van der Waals surface area contributed by atoms with Crippen molar-refractivity contribution in [3.05, 3.63) is 30.2 Å². The lowest BCUT2D eigenvalue weighted by Crippen LogP contribution is -2.39. The molecule has 0 unspecified atom stereocenters. The summed E-state index contributed by atoms with van der Waals surface area (Å²) in [6.45, 7) is 3.86. The Hall–Kier alpha value is -1.91. The molecule has 3 heterocycles. The monoisotopic (exact) mass is 244 g/mol. The quantitative estimate of drug-likeness (QED) is 0.765. The topological polar surface area (TPSA) is 50.5 Å². The van der Waals surface area contributed by atoms with Crippen molar-refractivity contribution in [2.24, 2.45) is 5.92 Å². The first-order valence-electron chi connectivity index (χ1n) is 6.34. The summed E-state index contributed by atoms with van der Waals surface area (Å²) in [4.78, 5) is 18.4. The van der Waals surface area contributed by atoms with Crippen molar-refractivity contribution < 1.29 is 4.79 Å². The molecule has 3 rings (SSSR count). The van der Waals surface area contributed by atoms with Gasteiger partial charge in [-0.1, -0.05) is 6.92 Å². The number of fused-ring (bicyclic) bond motifs is 1. The maximum absolute atomic E-state index is 12.3. The summed E-state index contributed by atoms with van der Waals surface area (Å²) >= 11 is 0. The molecule has 0 N–H and O–H groups in total. The van der Waals surface area contributed by atoms with Gasteiger partial charge in [0.25, 0.3) is 5.91 Å². The third kappa shape index (κ3) is 1.96. The van der Waals surface area contributed by atoms with E-state index in [2.05, 4.69) is 17.0 Å². The van der Waals surface area contributed by atoms with Crippen molar-refractivity contribution in [2.75, 3.05) is 13.1 Å². The van der Waals surface area contributed by atoms with Crippen LogP contribution in [0.15, 0.2) is 24.5 Å². The number of piperidine rings is 1. The SMILES string of the molecule is C[C@@H]1CCCN(C(=O)c2cc3ncccn3n2)C1. The fourth-order valence-electron chi connectivity index (χ4n) is 2.47. The number of carbonyl (C=O) groups is 1. The zero-order valence-electron chi connectivity index (χ0n) is 10.4. The predicted molar refractivity (Wildman–Crippen MR) is 67.3 cm³/mol. The summed E-state index contributed by atoms with van der Waals surface area (Å²) in [6.07, 6.45) is 5.79. The summed E-state index contributed by atoms with van der Waals surface area (Å²) in [5.41, 5.74) is 1.20. The van der Waals surface area contributed by atoms with E-state index in [-0.39, 0.29) is 5.91 Å². The van der Waals surface area contributed by atoms with Gasteiger partial charge >= 0.3 is 0 Å². The maximum atomic E-state index is 12.3. The van der Waals surface area contributed by atoms with Crippen molar-refractivity contribution in [3.8, 4) is 0 Å². The van der Waals surface area contributed by atoms with E-state index in [9.17, 15) is 4.79 Å². The third-order valence-corrected chi connectivity index (χ3v) is 3.40. The molecule has 5 heteroatoms. The van der Waals surface area contributed by atoms with Crippen LogP contribution < -0.4 is 0 Å². The number of amides is 1. The van der Waals surface area contributed by atoms with Gasteiger partial charge in [0.2, 0.25) is 0 Å². The smallest absolute Gasteiger partial charge is 0.274 e. The molecule has 2 aromatic rings. The van der Waals surface area contributed by atoms with Crippen LogP contribution in [0.25, 0.3) is 5.65 Å². The van der Waals surface area contributed by atoms with Crippen LogP contribution in [0.2, 0.25) is 0 Å². The first-order chi connectivity index (χ1) is 8.74. The highest BCUT2D eigenvalue weighted by molar-refractivity contribution is 5.93. The molecule has 0 aliphatic carbocycles. The average Bonchev–Trinajstić information content (AvgIpc) is 2.81. The van der Waals surface area contributed by atoms with Gasteiger partial charge in [-0.3, -0.25) is 4.79 Å². The highest BCUT2D eigenvalue weighted by Crippen LogP contribution is 2.17. The second kappa shape index (κ2) is 4.40. The molecule has 1 aliphatic heterocycles. The van der Waals surface area contributed by atoms with E-state index >= 15 is 0 Å². The molecule has 18 heavy (non-hydrogen) atoms. The normalized spacial score (nSPS) is 20.3. The summed E-state index contributed by atoms with van der Waals surface area (Å²) in [7, 11) is 0. The molecular formula is C13H16N4O. The van der Waals surface area contributed by atoms with E-state index in [4.69, 9.17) is 0 Å². The molecule has 0 bridgehead atoms. The van der Waals surface area contributed by atoms with Crippen molar-refractivity contribution in [1.29, 1.82) is 0 Å². The Balaban J connectivity index is 1.87. The van der Waals surface area contributed by atoms with Crippen LogP contribution in [-0.4, -0.2) is 38.5 Å². The van der Waals surface area contributed by atoms with E-state index < -0.39 is 0 Å². The molecule has 2 aromatic heterocycles. The molecule has 1 atom stereocenters. The zero-order valence-corrected chi connectivity index (χ0v) is 10.4. The van der Waals surface area contributed by atoms with Crippen LogP contribution >= 0.6 is 0 Å². The Morgan fingerprint density at radius 1 is 1.50 bits per heavy atom. The van der Waals surface area contributed by atoms with E-state index in [1.165, 1.54) is 6.42 Å². The minimum Gasteiger partial charge on any atom is -0.337 e. The van der Waals surface area contributed by atoms with Gasteiger partial charge in [-0.15, -0.1) is 0 Å². The lowest BCUT2D eigenvalue weighted by molar-refractivity contribution is 0.0676. The standard InChI is InChI=1S/C13H16N4O/c1-10-4-2-6-16(9-10)13(18)11-8-12-14-5-3-7-17(12)15-11/h3,5,7-8,10H,2,4,6,9H2,1H3/t10-/m1/s1. The first kappa shape index (κ1) is 11.2. The minimum absolute atomic E-state index is 0.0204. The van der Waals surface area contributed by atoms with Crippen LogP contribution in [0.5, 0.6) is 0 Å². The first-order valence-corrected chi connectivity index (χ1v) is 6.34. The van der Waals surface area contributed by atoms with E-state index in [0.29, 0.717) is 17.3 Å². The lowest BCUT2D eigenvalue weighted by atomic mass is 10.0. The molecule has 0 aromatic carbocycles. The second-order valence-corrected chi connectivity index (χ2v) is 4.95. The summed E-state index contributed by atoms with van der Waals surface area (Å²) < 4.78 is 1.64. The Morgan fingerprint density at radius 3 is 3.17 bits per heavy atom. The molecule has 94 valence electrons. The van der Waals surface area contributed by atoms with Gasteiger partial charge < -0.3 is 4.90 Å². The van der Waals surface area contributed by atoms with Crippen LogP contribution in [0, 0.1) is 5.92 Å². The molecule has 5 nitrogen and oxygen atoms in total. The molecule has 0 saturated carbocycles. The van der Waals surface area contributed by atoms with Crippen LogP contribution in [0.1, 0.15) is 30.3 Å². The van der Waals surface area contributed by atoms with Crippen molar-refractivity contribution in [1.82, 2.24) is 19.5 Å². The molecule has 0 radical (unpaired) electrons. The van der Waals surface area contributed by atoms with Gasteiger partial charge in [-0.2, -0.15) is 5.10 Å². The largest absolute Gasteiger partial charge is 0.337 e. The Bertz CT molecular complexity index is 544. The summed E-state index contributed by atoms with van der Waals surface area (Å²) in [5, 5.41) is 4.28. The molecule has 1 aliphatic rings. The van der Waals surface area contributed by atoms with Crippen molar-refractivity contribution in [3.63, 3.8) is 0 Å². The third-order valence-electron chi connectivity index (χ3n) is 3.40. The van der Waals surface area contributed by atoms with Crippen LogP contribution in [0.3, 0.4) is 0 Å². The van der Waals surface area contributed by atoms with Gasteiger partial charge in [0.1, 0.15) is 0 Å². The fourth-order valence-corrected chi connectivity index (χ4v) is 2.47. The van der Waals surface area contributed by atoms with Crippen molar-refractivity contribution >= 4 is 11.6 Å². The molecular weight excluding hydrogens is 228 g/mol. The Morgan fingerprint density at radius 2 is 2.39 bits per heavy atom. The van der Waals surface area contributed by atoms with E-state index in [0.717, 1.165) is 19.5 Å². The maximum Gasteiger partial charge on any atom is 0.274 e. The average molecular weight is 244 g/mol. The number of nitrogens with zero attached hydrogens (tertiary/aromatic N) is 4. The lowest BCUT2D eigenvalue weighted by Gasteiger charge is -2.30. The Kier molecular flexibility index (Phi) is 2.74. The zero-order chi connectivity index (χ0) is 12.5. The molecule has 0 spiro atoms. The predicted octanol–water partition coefficient (Wildman–Crippen LogP) is 1.60. The molecule has 1 saturated heterocycles. The fraction of sp³-hybridized carbons (Fsp3) is 0.462. The molecule has 1 fully saturated rings. The minimum atomic E-state index is 0.0204. The number of rotatable bonds is 1. The number of likely N-dealkylation sites (tertiary alicyclic amines) is 1. The van der Waals surface area contributed by atoms with Gasteiger partial charge in [-0.05, 0) is 24.8 Å². The number of aromatic nitrogens is 3. The Labute approximate surface area is 105 Å². The second-order valence-electron chi connectivity index (χ2n) is 4.95. The highest BCUT2D eigenvalue weighted by Gasteiger charge is 2.23. The van der Waals surface area contributed by atoms with Gasteiger partial charge in [-0.25, -0.2) is 9.50 Å². The summed E-state index contributed by atoms with van der Waals surface area (Å²) in [5.74, 6) is 0.602. The van der Waals surface area contributed by atoms with Crippen molar-refractivity contribution in [2.45, 2.75) is 19.8 Å². The summed E-state index contributed by atoms with van der Waals surface area (Å²) in [6, 6.07) is 3.55. The number of hydrogen-bond acceptors (Lipinski definition) is 3. The molecule has 1 amide bonds. The number of carbonyl (C=O) groups excluding carboxylic acids is 1. The van der Waals surface area contributed by atoms with Gasteiger partial charge in [0.05, 0.1) is 0 Å².